The standard InChI is InChI=1S/C13H17N3O/c17-12-13(3-8-15-12)4-9-16(10-5-13)11-1-6-14-7-2-11/h1-2,6-7H,3-5,8-10H2,(H,15,17). The van der Waals surface area contributed by atoms with Crippen molar-refractivity contribution in [3.63, 3.8) is 0 Å². The summed E-state index contributed by atoms with van der Waals surface area (Å²) in [5.41, 5.74) is 1.15. The molecule has 0 radical (unpaired) electrons. The molecular weight excluding hydrogens is 214 g/mol. The lowest BCUT2D eigenvalue weighted by Gasteiger charge is -2.38. The molecule has 1 aromatic heterocycles. The van der Waals surface area contributed by atoms with E-state index < -0.39 is 0 Å². The maximum Gasteiger partial charge on any atom is 0.226 e. The van der Waals surface area contributed by atoms with Gasteiger partial charge in [0.05, 0.1) is 5.41 Å². The maximum atomic E-state index is 11.9. The quantitative estimate of drug-likeness (QED) is 0.789. The third-order valence-corrected chi connectivity index (χ3v) is 4.12. The van der Waals surface area contributed by atoms with Gasteiger partial charge in [0.2, 0.25) is 5.91 Å². The Hall–Kier alpha value is -1.58. The van der Waals surface area contributed by atoms with Crippen LogP contribution in [0.15, 0.2) is 24.5 Å². The topological polar surface area (TPSA) is 45.2 Å². The molecule has 2 saturated heterocycles. The molecule has 2 fully saturated rings. The molecule has 3 rings (SSSR count). The van der Waals surface area contributed by atoms with Gasteiger partial charge < -0.3 is 10.2 Å². The molecule has 2 aliphatic rings. The molecule has 0 aliphatic carbocycles. The van der Waals surface area contributed by atoms with Crippen molar-refractivity contribution in [1.29, 1.82) is 0 Å². The number of rotatable bonds is 1. The molecule has 1 amide bonds. The fourth-order valence-corrected chi connectivity index (χ4v) is 2.94. The van der Waals surface area contributed by atoms with E-state index in [9.17, 15) is 4.79 Å². The van der Waals surface area contributed by atoms with E-state index in [0.717, 1.165) is 38.9 Å². The largest absolute Gasteiger partial charge is 0.371 e. The van der Waals surface area contributed by atoms with Gasteiger partial charge in [0, 0.05) is 37.7 Å². The van der Waals surface area contributed by atoms with Crippen LogP contribution in [-0.2, 0) is 4.79 Å². The molecule has 0 atom stereocenters. The van der Waals surface area contributed by atoms with Crippen LogP contribution in [0, 0.1) is 5.41 Å². The second-order valence-corrected chi connectivity index (χ2v) is 4.98. The van der Waals surface area contributed by atoms with Crippen LogP contribution in [0.4, 0.5) is 5.69 Å². The number of aromatic nitrogens is 1. The Morgan fingerprint density at radius 2 is 1.88 bits per heavy atom. The van der Waals surface area contributed by atoms with E-state index >= 15 is 0 Å². The number of carbonyl (C=O) groups is 1. The van der Waals surface area contributed by atoms with E-state index in [1.54, 1.807) is 0 Å². The first kappa shape index (κ1) is 10.6. The Morgan fingerprint density at radius 3 is 2.47 bits per heavy atom. The van der Waals surface area contributed by atoms with Crippen molar-refractivity contribution in [2.24, 2.45) is 5.41 Å². The highest BCUT2D eigenvalue weighted by atomic mass is 16.2. The lowest BCUT2D eigenvalue weighted by Crippen LogP contribution is -2.43. The molecule has 0 unspecified atom stereocenters. The molecule has 4 heteroatoms. The zero-order valence-corrected chi connectivity index (χ0v) is 9.85. The van der Waals surface area contributed by atoms with Crippen LogP contribution in [0.3, 0.4) is 0 Å². The van der Waals surface area contributed by atoms with Gasteiger partial charge in [-0.25, -0.2) is 0 Å². The summed E-state index contributed by atoms with van der Waals surface area (Å²) in [6.07, 6.45) is 6.60. The lowest BCUT2D eigenvalue weighted by atomic mass is 9.77. The highest BCUT2D eigenvalue weighted by Crippen LogP contribution is 2.38. The predicted octanol–water partition coefficient (Wildman–Crippen LogP) is 1.19. The zero-order chi connectivity index (χ0) is 11.7. The monoisotopic (exact) mass is 231 g/mol. The normalized spacial score (nSPS) is 22.8. The SMILES string of the molecule is O=C1NCCC12CCN(c1ccncc1)CC2. The van der Waals surface area contributed by atoms with Gasteiger partial charge in [0.1, 0.15) is 0 Å². The average Bonchev–Trinajstić information content (AvgIpc) is 2.73. The number of hydrogen-bond acceptors (Lipinski definition) is 3. The Balaban J connectivity index is 1.70. The molecular formula is C13H17N3O. The number of piperidine rings is 1. The van der Waals surface area contributed by atoms with Crippen molar-refractivity contribution in [3.8, 4) is 0 Å². The van der Waals surface area contributed by atoms with Gasteiger partial charge in [-0.2, -0.15) is 0 Å². The second kappa shape index (κ2) is 4.02. The summed E-state index contributed by atoms with van der Waals surface area (Å²) >= 11 is 0. The second-order valence-electron chi connectivity index (χ2n) is 4.98. The van der Waals surface area contributed by atoms with E-state index in [1.807, 2.05) is 24.5 Å². The third kappa shape index (κ3) is 1.77. The van der Waals surface area contributed by atoms with Gasteiger partial charge in [-0.1, -0.05) is 0 Å². The first-order valence-electron chi connectivity index (χ1n) is 6.23. The van der Waals surface area contributed by atoms with Crippen molar-refractivity contribution in [2.75, 3.05) is 24.5 Å². The summed E-state index contributed by atoms with van der Waals surface area (Å²) in [6.45, 7) is 2.79. The highest BCUT2D eigenvalue weighted by Gasteiger charge is 2.44. The van der Waals surface area contributed by atoms with Gasteiger partial charge in [0.25, 0.3) is 0 Å². The number of amides is 1. The molecule has 90 valence electrons. The molecule has 1 aromatic rings. The fourth-order valence-electron chi connectivity index (χ4n) is 2.94. The molecule has 0 saturated carbocycles. The van der Waals surface area contributed by atoms with Crippen LogP contribution in [0.25, 0.3) is 0 Å². The number of pyridine rings is 1. The minimum atomic E-state index is -0.0659. The molecule has 1 N–H and O–H groups in total. The first-order valence-corrected chi connectivity index (χ1v) is 6.23. The van der Waals surface area contributed by atoms with E-state index in [-0.39, 0.29) is 11.3 Å². The summed E-state index contributed by atoms with van der Waals surface area (Å²) in [4.78, 5) is 18.2. The molecule has 0 aromatic carbocycles. The van der Waals surface area contributed by atoms with E-state index in [2.05, 4.69) is 15.2 Å². The molecule has 2 aliphatic heterocycles. The van der Waals surface area contributed by atoms with Gasteiger partial charge in [-0.05, 0) is 31.4 Å². The van der Waals surface area contributed by atoms with Gasteiger partial charge in [-0.15, -0.1) is 0 Å². The summed E-state index contributed by atoms with van der Waals surface area (Å²) in [5.74, 6) is 0.270. The molecule has 4 nitrogen and oxygen atoms in total. The van der Waals surface area contributed by atoms with E-state index in [4.69, 9.17) is 0 Å². The van der Waals surface area contributed by atoms with Gasteiger partial charge in [0.15, 0.2) is 0 Å². The van der Waals surface area contributed by atoms with E-state index in [1.165, 1.54) is 5.69 Å². The summed E-state index contributed by atoms with van der Waals surface area (Å²) in [6, 6.07) is 4.07. The first-order chi connectivity index (χ1) is 8.30. The third-order valence-electron chi connectivity index (χ3n) is 4.12. The van der Waals surface area contributed by atoms with Crippen LogP contribution in [-0.4, -0.2) is 30.5 Å². The minimum absolute atomic E-state index is 0.0659. The van der Waals surface area contributed by atoms with Crippen molar-refractivity contribution in [3.05, 3.63) is 24.5 Å². The molecule has 0 bridgehead atoms. The smallest absolute Gasteiger partial charge is 0.226 e. The zero-order valence-electron chi connectivity index (χ0n) is 9.85. The summed E-state index contributed by atoms with van der Waals surface area (Å²) < 4.78 is 0. The van der Waals surface area contributed by atoms with E-state index in [0.29, 0.717) is 0 Å². The Bertz CT molecular complexity index is 410. The number of carbonyl (C=O) groups excluding carboxylic acids is 1. The number of nitrogens with zero attached hydrogens (tertiary/aromatic N) is 2. The molecule has 3 heterocycles. The van der Waals surface area contributed by atoms with Crippen molar-refractivity contribution in [1.82, 2.24) is 10.3 Å². The van der Waals surface area contributed by atoms with Crippen LogP contribution in [0.2, 0.25) is 0 Å². The summed E-state index contributed by atoms with van der Waals surface area (Å²) in [5, 5.41) is 2.97. The summed E-state index contributed by atoms with van der Waals surface area (Å²) in [7, 11) is 0. The Labute approximate surface area is 101 Å². The van der Waals surface area contributed by atoms with Gasteiger partial charge >= 0.3 is 0 Å². The lowest BCUT2D eigenvalue weighted by molar-refractivity contribution is -0.128. The highest BCUT2D eigenvalue weighted by molar-refractivity contribution is 5.85. The Kier molecular flexibility index (Phi) is 2.50. The number of nitrogens with one attached hydrogen (secondary N) is 1. The fraction of sp³-hybridized carbons (Fsp3) is 0.538. The molecule has 1 spiro atoms. The predicted molar refractivity (Wildman–Crippen MR) is 65.7 cm³/mol. The van der Waals surface area contributed by atoms with Crippen LogP contribution >= 0.6 is 0 Å². The maximum absolute atomic E-state index is 11.9. The Morgan fingerprint density at radius 1 is 1.18 bits per heavy atom. The van der Waals surface area contributed by atoms with Crippen LogP contribution < -0.4 is 10.2 Å². The number of anilines is 1. The van der Waals surface area contributed by atoms with Crippen LogP contribution in [0.1, 0.15) is 19.3 Å². The van der Waals surface area contributed by atoms with Crippen molar-refractivity contribution < 1.29 is 4.79 Å². The molecule has 17 heavy (non-hydrogen) atoms. The average molecular weight is 231 g/mol. The van der Waals surface area contributed by atoms with Crippen molar-refractivity contribution >= 4 is 11.6 Å². The van der Waals surface area contributed by atoms with Gasteiger partial charge in [-0.3, -0.25) is 9.78 Å². The van der Waals surface area contributed by atoms with Crippen LogP contribution in [0.5, 0.6) is 0 Å². The number of hydrogen-bond donors (Lipinski definition) is 1. The minimum Gasteiger partial charge on any atom is -0.371 e. The van der Waals surface area contributed by atoms with Crippen molar-refractivity contribution in [2.45, 2.75) is 19.3 Å².